The summed E-state index contributed by atoms with van der Waals surface area (Å²) in [6.45, 7) is 2.32. The van der Waals surface area contributed by atoms with Crippen LogP contribution in [0.5, 0.6) is 0 Å². The van der Waals surface area contributed by atoms with Crippen LogP contribution >= 0.6 is 23.2 Å². The molecule has 1 aliphatic heterocycles. The van der Waals surface area contributed by atoms with Crippen molar-refractivity contribution in [3.63, 3.8) is 0 Å². The van der Waals surface area contributed by atoms with Gasteiger partial charge in [-0.05, 0) is 72.7 Å². The van der Waals surface area contributed by atoms with Gasteiger partial charge in [0, 0.05) is 34.7 Å². The van der Waals surface area contributed by atoms with Crippen LogP contribution in [0.3, 0.4) is 0 Å². The first-order chi connectivity index (χ1) is 15.6. The number of aliphatic hydroxyl groups excluding tert-OH is 1. The molecule has 0 radical (unpaired) electrons. The maximum absolute atomic E-state index is 14.4. The first kappa shape index (κ1) is 24.2. The summed E-state index contributed by atoms with van der Waals surface area (Å²) in [6.07, 6.45) is -4.45. The molecule has 33 heavy (non-hydrogen) atoms. The second-order valence-electron chi connectivity index (χ2n) is 8.74. The first-order valence-electron chi connectivity index (χ1n) is 10.9. The van der Waals surface area contributed by atoms with Crippen molar-refractivity contribution in [1.82, 2.24) is 5.32 Å². The Morgan fingerprint density at radius 1 is 1.15 bits per heavy atom. The molecule has 2 aromatic carbocycles. The smallest absolute Gasteiger partial charge is 0.372 e. The average molecular weight is 501 g/mol. The van der Waals surface area contributed by atoms with Crippen LogP contribution in [0.1, 0.15) is 42.9 Å². The molecule has 0 aromatic heterocycles. The van der Waals surface area contributed by atoms with Gasteiger partial charge in [-0.2, -0.15) is 13.2 Å². The number of carbonyl (C=O) groups excluding carboxylic acids is 1. The number of amides is 1. The van der Waals surface area contributed by atoms with Gasteiger partial charge in [-0.1, -0.05) is 36.2 Å². The molecule has 1 saturated heterocycles. The highest BCUT2D eigenvalue weighted by molar-refractivity contribution is 6.34. The van der Waals surface area contributed by atoms with Crippen molar-refractivity contribution in [1.29, 1.82) is 0 Å². The number of rotatable bonds is 6. The minimum atomic E-state index is -4.73. The zero-order valence-electron chi connectivity index (χ0n) is 18.1. The third-order valence-electron chi connectivity index (χ3n) is 6.67. The molecule has 2 aromatic rings. The summed E-state index contributed by atoms with van der Waals surface area (Å²) in [4.78, 5) is 13.3. The van der Waals surface area contributed by atoms with Crippen molar-refractivity contribution in [3.8, 4) is 0 Å². The SMILES string of the molecule is CCc1cc(N2CCC(c3cc(Cl)cc(Cl)c3)(C(F)(F)F)C2O)ccc1CNC(=O)C1CC1. The minimum Gasteiger partial charge on any atom is -0.372 e. The van der Waals surface area contributed by atoms with Gasteiger partial charge in [0.1, 0.15) is 11.6 Å². The Morgan fingerprint density at radius 2 is 1.82 bits per heavy atom. The van der Waals surface area contributed by atoms with Crippen LogP contribution in [0.2, 0.25) is 10.0 Å². The number of halogens is 5. The van der Waals surface area contributed by atoms with Crippen LogP contribution in [-0.2, 0) is 23.2 Å². The number of anilines is 1. The van der Waals surface area contributed by atoms with Gasteiger partial charge in [0.25, 0.3) is 0 Å². The van der Waals surface area contributed by atoms with Crippen LogP contribution in [0, 0.1) is 5.92 Å². The maximum Gasteiger partial charge on any atom is 0.402 e. The molecule has 2 unspecified atom stereocenters. The summed E-state index contributed by atoms with van der Waals surface area (Å²) in [7, 11) is 0. The molecule has 2 fully saturated rings. The Balaban J connectivity index is 1.64. The van der Waals surface area contributed by atoms with Gasteiger partial charge in [0.05, 0.1) is 0 Å². The van der Waals surface area contributed by atoms with Crippen LogP contribution in [0.15, 0.2) is 36.4 Å². The third-order valence-corrected chi connectivity index (χ3v) is 7.11. The van der Waals surface area contributed by atoms with Gasteiger partial charge < -0.3 is 15.3 Å². The number of aliphatic hydroxyl groups is 1. The highest BCUT2D eigenvalue weighted by Gasteiger charge is 2.64. The molecule has 178 valence electrons. The summed E-state index contributed by atoms with van der Waals surface area (Å²) >= 11 is 12.0. The van der Waals surface area contributed by atoms with Crippen molar-refractivity contribution in [2.75, 3.05) is 11.4 Å². The van der Waals surface area contributed by atoms with Gasteiger partial charge in [0.2, 0.25) is 5.91 Å². The van der Waals surface area contributed by atoms with Crippen molar-refractivity contribution < 1.29 is 23.1 Å². The van der Waals surface area contributed by atoms with E-state index in [1.807, 2.05) is 6.92 Å². The predicted octanol–water partition coefficient (Wildman–Crippen LogP) is 5.61. The van der Waals surface area contributed by atoms with Crippen LogP contribution in [-0.4, -0.2) is 30.0 Å². The van der Waals surface area contributed by atoms with E-state index in [1.54, 1.807) is 18.2 Å². The van der Waals surface area contributed by atoms with E-state index in [4.69, 9.17) is 23.2 Å². The molecular formula is C24H25Cl2F3N2O2. The lowest BCUT2D eigenvalue weighted by Gasteiger charge is -2.37. The number of hydrogen-bond acceptors (Lipinski definition) is 3. The second kappa shape index (κ2) is 9.01. The fourth-order valence-electron chi connectivity index (χ4n) is 4.61. The van der Waals surface area contributed by atoms with Gasteiger partial charge in [-0.25, -0.2) is 0 Å². The molecule has 0 bridgehead atoms. The minimum absolute atomic E-state index is 0.00568. The van der Waals surface area contributed by atoms with E-state index in [9.17, 15) is 23.1 Å². The van der Waals surface area contributed by atoms with E-state index in [2.05, 4.69) is 5.32 Å². The Hall–Kier alpha value is -1.96. The largest absolute Gasteiger partial charge is 0.402 e. The van der Waals surface area contributed by atoms with E-state index >= 15 is 0 Å². The Bertz CT molecular complexity index is 1040. The van der Waals surface area contributed by atoms with E-state index in [-0.39, 0.29) is 40.4 Å². The second-order valence-corrected chi connectivity index (χ2v) is 9.62. The number of nitrogens with zero attached hydrogens (tertiary/aromatic N) is 1. The molecule has 4 nitrogen and oxygen atoms in total. The molecule has 1 saturated carbocycles. The van der Waals surface area contributed by atoms with Gasteiger partial charge in [-0.3, -0.25) is 4.79 Å². The fourth-order valence-corrected chi connectivity index (χ4v) is 5.13. The maximum atomic E-state index is 14.4. The number of aryl methyl sites for hydroxylation is 1. The zero-order chi connectivity index (χ0) is 24.0. The lowest BCUT2D eigenvalue weighted by Crippen LogP contribution is -2.52. The number of alkyl halides is 3. The molecule has 1 aliphatic carbocycles. The van der Waals surface area contributed by atoms with Crippen molar-refractivity contribution in [2.24, 2.45) is 5.92 Å². The standard InChI is InChI=1S/C24H25Cl2F3N2O2/c1-2-14-9-20(6-5-16(14)13-30-21(32)15-3-4-15)31-8-7-23(22(31)33,24(27,28)29)17-10-18(25)12-19(26)11-17/h5-6,9-12,15,22,33H,2-4,7-8,13H2,1H3,(H,30,32). The van der Waals surface area contributed by atoms with E-state index in [1.165, 1.54) is 23.1 Å². The topological polar surface area (TPSA) is 52.6 Å². The van der Waals surface area contributed by atoms with Crippen LogP contribution < -0.4 is 10.2 Å². The van der Waals surface area contributed by atoms with E-state index in [0.717, 1.165) is 24.0 Å². The van der Waals surface area contributed by atoms with Crippen LogP contribution in [0.25, 0.3) is 0 Å². The molecule has 2 N–H and O–H groups in total. The van der Waals surface area contributed by atoms with Gasteiger partial charge in [0.15, 0.2) is 0 Å². The molecule has 2 atom stereocenters. The summed E-state index contributed by atoms with van der Waals surface area (Å²) in [5.41, 5.74) is -0.364. The summed E-state index contributed by atoms with van der Waals surface area (Å²) in [5, 5.41) is 14.1. The molecular weight excluding hydrogens is 476 g/mol. The monoisotopic (exact) mass is 500 g/mol. The van der Waals surface area contributed by atoms with Crippen molar-refractivity contribution in [2.45, 2.75) is 57.0 Å². The van der Waals surface area contributed by atoms with Crippen molar-refractivity contribution >= 4 is 34.8 Å². The fraction of sp³-hybridized carbons (Fsp3) is 0.458. The van der Waals surface area contributed by atoms with E-state index in [0.29, 0.717) is 18.7 Å². The number of benzene rings is 2. The highest BCUT2D eigenvalue weighted by Crippen LogP contribution is 2.52. The summed E-state index contributed by atoms with van der Waals surface area (Å²) in [5.74, 6) is 0.135. The average Bonchev–Trinajstić information content (AvgIpc) is 3.53. The van der Waals surface area contributed by atoms with Crippen molar-refractivity contribution in [3.05, 3.63) is 63.1 Å². The molecule has 2 aliphatic rings. The third kappa shape index (κ3) is 4.55. The first-order valence-corrected chi connectivity index (χ1v) is 11.7. The molecule has 9 heteroatoms. The van der Waals surface area contributed by atoms with Gasteiger partial charge in [-0.15, -0.1) is 0 Å². The molecule has 4 rings (SSSR count). The number of nitrogens with one attached hydrogen (secondary N) is 1. The number of hydrogen-bond donors (Lipinski definition) is 2. The van der Waals surface area contributed by atoms with E-state index < -0.39 is 17.8 Å². The zero-order valence-corrected chi connectivity index (χ0v) is 19.6. The highest BCUT2D eigenvalue weighted by atomic mass is 35.5. The van der Waals surface area contributed by atoms with Gasteiger partial charge >= 0.3 is 6.18 Å². The quantitative estimate of drug-likeness (QED) is 0.541. The lowest BCUT2D eigenvalue weighted by atomic mass is 9.77. The summed E-state index contributed by atoms with van der Waals surface area (Å²) < 4.78 is 43.3. The molecule has 1 heterocycles. The molecule has 1 amide bonds. The molecule has 0 spiro atoms. The lowest BCUT2D eigenvalue weighted by molar-refractivity contribution is -0.210. The van der Waals surface area contributed by atoms with Crippen LogP contribution in [0.4, 0.5) is 18.9 Å². The normalized spacial score (nSPS) is 23.1. The summed E-state index contributed by atoms with van der Waals surface area (Å²) in [6, 6.07) is 9.09. The Kier molecular flexibility index (Phi) is 6.60. The Morgan fingerprint density at radius 3 is 2.39 bits per heavy atom. The number of carbonyl (C=O) groups is 1. The predicted molar refractivity (Wildman–Crippen MR) is 123 cm³/mol. The Labute approximate surface area is 200 Å².